The van der Waals surface area contributed by atoms with E-state index in [1.165, 1.54) is 0 Å². The number of anilines is 2. The second-order valence-electron chi connectivity index (χ2n) is 4.81. The van der Waals surface area contributed by atoms with Gasteiger partial charge in [0.15, 0.2) is 0 Å². The van der Waals surface area contributed by atoms with Gasteiger partial charge in [-0.2, -0.15) is 0 Å². The zero-order valence-electron chi connectivity index (χ0n) is 11.3. The number of nitrogens with zero attached hydrogens (tertiary/aromatic N) is 2. The molecule has 1 heterocycles. The van der Waals surface area contributed by atoms with Crippen molar-refractivity contribution in [3.8, 4) is 0 Å². The van der Waals surface area contributed by atoms with Gasteiger partial charge in [0.25, 0.3) is 0 Å². The number of aromatic nitrogens is 2. The van der Waals surface area contributed by atoms with Gasteiger partial charge in [-0.15, -0.1) is 6.58 Å². The Hall–Kier alpha value is -1.91. The monoisotopic (exact) mass is 260 g/mol. The molecular formula is C14H20N4O. The maximum Gasteiger partial charge on any atom is 0.133 e. The van der Waals surface area contributed by atoms with Crippen LogP contribution in [0.15, 0.2) is 18.7 Å². The number of rotatable bonds is 5. The zero-order chi connectivity index (χ0) is 13.7. The molecule has 1 fully saturated rings. The van der Waals surface area contributed by atoms with Crippen LogP contribution in [0.2, 0.25) is 0 Å². The van der Waals surface area contributed by atoms with E-state index in [0.29, 0.717) is 31.2 Å². The van der Waals surface area contributed by atoms with Gasteiger partial charge < -0.3 is 10.6 Å². The van der Waals surface area contributed by atoms with Crippen molar-refractivity contribution in [2.45, 2.75) is 38.6 Å². The van der Waals surface area contributed by atoms with E-state index < -0.39 is 0 Å². The molecule has 0 radical (unpaired) electrons. The number of carbonyl (C=O) groups is 1. The minimum absolute atomic E-state index is 0.333. The smallest absolute Gasteiger partial charge is 0.133 e. The first kappa shape index (κ1) is 13.5. The van der Waals surface area contributed by atoms with Crippen LogP contribution in [0.1, 0.15) is 31.5 Å². The van der Waals surface area contributed by atoms with Gasteiger partial charge in [-0.3, -0.25) is 4.79 Å². The fourth-order valence-electron chi connectivity index (χ4n) is 2.20. The molecule has 19 heavy (non-hydrogen) atoms. The second-order valence-corrected chi connectivity index (χ2v) is 4.81. The summed E-state index contributed by atoms with van der Waals surface area (Å²) in [5.74, 6) is 2.70. The van der Waals surface area contributed by atoms with E-state index in [1.54, 1.807) is 6.08 Å². The lowest BCUT2D eigenvalue weighted by molar-refractivity contribution is -0.120. The van der Waals surface area contributed by atoms with Gasteiger partial charge in [0.1, 0.15) is 23.2 Å². The molecule has 1 aliphatic carbocycles. The number of carbonyl (C=O) groups excluding carboxylic acids is 1. The standard InChI is InChI=1S/C14H20N4O/c1-3-8-15-13-9-14(17-10(2)16-13)18-11-4-6-12(19)7-5-11/h3,9,11H,1,4-8H2,2H3,(H2,15,16,17,18). The topological polar surface area (TPSA) is 66.9 Å². The molecule has 0 saturated heterocycles. The van der Waals surface area contributed by atoms with E-state index in [9.17, 15) is 4.79 Å². The SMILES string of the molecule is C=CCNc1cc(NC2CCC(=O)CC2)nc(C)n1. The Bertz CT molecular complexity index is 463. The molecule has 0 aliphatic heterocycles. The first-order valence-electron chi connectivity index (χ1n) is 6.66. The van der Waals surface area contributed by atoms with Crippen LogP contribution in [0, 0.1) is 6.92 Å². The summed E-state index contributed by atoms with van der Waals surface area (Å²) < 4.78 is 0. The van der Waals surface area contributed by atoms with Crippen molar-refractivity contribution in [2.24, 2.45) is 0 Å². The maximum atomic E-state index is 11.2. The van der Waals surface area contributed by atoms with E-state index in [2.05, 4.69) is 27.2 Å². The van der Waals surface area contributed by atoms with Crippen molar-refractivity contribution in [1.82, 2.24) is 9.97 Å². The molecule has 0 amide bonds. The summed E-state index contributed by atoms with van der Waals surface area (Å²) in [4.78, 5) is 19.9. The number of hydrogen-bond donors (Lipinski definition) is 2. The molecular weight excluding hydrogens is 240 g/mol. The van der Waals surface area contributed by atoms with Crippen molar-refractivity contribution >= 4 is 17.4 Å². The second kappa shape index (κ2) is 6.31. The summed E-state index contributed by atoms with van der Waals surface area (Å²) in [5, 5.41) is 6.55. The number of hydrogen-bond acceptors (Lipinski definition) is 5. The maximum absolute atomic E-state index is 11.2. The Morgan fingerprint density at radius 1 is 1.37 bits per heavy atom. The Labute approximate surface area is 113 Å². The van der Waals surface area contributed by atoms with E-state index in [0.717, 1.165) is 30.3 Å². The molecule has 1 saturated carbocycles. The van der Waals surface area contributed by atoms with Gasteiger partial charge >= 0.3 is 0 Å². The Balaban J connectivity index is 2.00. The van der Waals surface area contributed by atoms with E-state index in [4.69, 9.17) is 0 Å². The van der Waals surface area contributed by atoms with Crippen molar-refractivity contribution in [2.75, 3.05) is 17.2 Å². The summed E-state index contributed by atoms with van der Waals surface area (Å²) in [5.41, 5.74) is 0. The lowest BCUT2D eigenvalue weighted by Crippen LogP contribution is -2.26. The largest absolute Gasteiger partial charge is 0.367 e. The Morgan fingerprint density at radius 2 is 2.05 bits per heavy atom. The normalized spacial score (nSPS) is 16.2. The fourth-order valence-corrected chi connectivity index (χ4v) is 2.20. The zero-order valence-corrected chi connectivity index (χ0v) is 11.3. The molecule has 2 rings (SSSR count). The molecule has 1 aromatic heterocycles. The van der Waals surface area contributed by atoms with Crippen molar-refractivity contribution in [3.63, 3.8) is 0 Å². The van der Waals surface area contributed by atoms with Crippen molar-refractivity contribution in [3.05, 3.63) is 24.5 Å². The average Bonchev–Trinajstić information content (AvgIpc) is 2.38. The highest BCUT2D eigenvalue weighted by molar-refractivity contribution is 5.79. The highest BCUT2D eigenvalue weighted by Gasteiger charge is 2.18. The van der Waals surface area contributed by atoms with Crippen LogP contribution in [0.5, 0.6) is 0 Å². The minimum atomic E-state index is 0.333. The summed E-state index contributed by atoms with van der Waals surface area (Å²) in [7, 11) is 0. The lowest BCUT2D eigenvalue weighted by atomic mass is 9.94. The Morgan fingerprint density at radius 3 is 2.74 bits per heavy atom. The summed E-state index contributed by atoms with van der Waals surface area (Å²) in [6, 6.07) is 2.23. The molecule has 0 spiro atoms. The van der Waals surface area contributed by atoms with Gasteiger partial charge in [-0.1, -0.05) is 6.08 Å². The third-order valence-electron chi connectivity index (χ3n) is 3.16. The van der Waals surface area contributed by atoms with Crippen LogP contribution in [0.4, 0.5) is 11.6 Å². The quantitative estimate of drug-likeness (QED) is 0.795. The average molecular weight is 260 g/mol. The van der Waals surface area contributed by atoms with Crippen LogP contribution in [-0.2, 0) is 4.79 Å². The van der Waals surface area contributed by atoms with E-state index >= 15 is 0 Å². The molecule has 5 heteroatoms. The predicted molar refractivity (Wildman–Crippen MR) is 76.3 cm³/mol. The van der Waals surface area contributed by atoms with Crippen LogP contribution >= 0.6 is 0 Å². The van der Waals surface area contributed by atoms with Crippen molar-refractivity contribution in [1.29, 1.82) is 0 Å². The first-order chi connectivity index (χ1) is 9.17. The number of ketones is 1. The molecule has 0 atom stereocenters. The van der Waals surface area contributed by atoms with E-state index in [-0.39, 0.29) is 0 Å². The van der Waals surface area contributed by atoms with Gasteiger partial charge in [0, 0.05) is 31.5 Å². The third-order valence-corrected chi connectivity index (χ3v) is 3.16. The number of aryl methyl sites for hydroxylation is 1. The van der Waals surface area contributed by atoms with Crippen molar-refractivity contribution < 1.29 is 4.79 Å². The predicted octanol–water partition coefficient (Wildman–Crippen LogP) is 2.31. The molecule has 2 N–H and O–H groups in total. The fraction of sp³-hybridized carbons (Fsp3) is 0.500. The third kappa shape index (κ3) is 4.05. The van der Waals surface area contributed by atoms with Gasteiger partial charge in [0.05, 0.1) is 0 Å². The lowest BCUT2D eigenvalue weighted by Gasteiger charge is -2.23. The molecule has 0 unspecified atom stereocenters. The molecule has 102 valence electrons. The molecule has 1 aromatic rings. The van der Waals surface area contributed by atoms with Crippen LogP contribution in [0.3, 0.4) is 0 Å². The Kier molecular flexibility index (Phi) is 4.49. The van der Waals surface area contributed by atoms with Gasteiger partial charge in [-0.25, -0.2) is 9.97 Å². The molecule has 5 nitrogen and oxygen atoms in total. The highest BCUT2D eigenvalue weighted by Crippen LogP contribution is 2.20. The number of nitrogens with one attached hydrogen (secondary N) is 2. The molecule has 0 aromatic carbocycles. The summed E-state index contributed by atoms with van der Waals surface area (Å²) in [6.07, 6.45) is 4.90. The van der Waals surface area contributed by atoms with Gasteiger partial charge in [0.2, 0.25) is 0 Å². The molecule has 0 bridgehead atoms. The highest BCUT2D eigenvalue weighted by atomic mass is 16.1. The first-order valence-corrected chi connectivity index (χ1v) is 6.66. The van der Waals surface area contributed by atoms with Gasteiger partial charge in [-0.05, 0) is 19.8 Å². The number of Topliss-reactive ketones (excluding diaryl/α,β-unsaturated/α-hetero) is 1. The van der Waals surface area contributed by atoms with Crippen LogP contribution in [0.25, 0.3) is 0 Å². The summed E-state index contributed by atoms with van der Waals surface area (Å²) in [6.45, 7) is 6.21. The minimum Gasteiger partial charge on any atom is -0.367 e. The van der Waals surface area contributed by atoms with Crippen LogP contribution < -0.4 is 10.6 Å². The summed E-state index contributed by atoms with van der Waals surface area (Å²) >= 11 is 0. The molecule has 1 aliphatic rings. The van der Waals surface area contributed by atoms with E-state index in [1.807, 2.05) is 13.0 Å². The van der Waals surface area contributed by atoms with Crippen LogP contribution in [-0.4, -0.2) is 28.3 Å².